The van der Waals surface area contributed by atoms with Crippen molar-refractivity contribution in [2.75, 3.05) is 0 Å². The van der Waals surface area contributed by atoms with Crippen molar-refractivity contribution < 1.29 is 0 Å². The van der Waals surface area contributed by atoms with Crippen LogP contribution in [0.5, 0.6) is 0 Å². The van der Waals surface area contributed by atoms with Gasteiger partial charge in [-0.05, 0) is 97.5 Å². The molecule has 0 radical (unpaired) electrons. The number of aryl methyl sites for hydroxylation is 2. The van der Waals surface area contributed by atoms with Gasteiger partial charge in [-0.3, -0.25) is 4.99 Å². The molecular weight excluding hydrogens is 475 g/mol. The molecule has 24 heavy (non-hydrogen) atoms. The summed E-state index contributed by atoms with van der Waals surface area (Å²) in [5, 5.41) is 0. The average Bonchev–Trinajstić information content (AvgIpc) is 2.84. The third-order valence-electron chi connectivity index (χ3n) is 4.05. The lowest BCUT2D eigenvalue weighted by atomic mass is 10.2. The van der Waals surface area contributed by atoms with Gasteiger partial charge in [0, 0.05) is 36.9 Å². The molecule has 0 unspecified atom stereocenters. The molecule has 2 nitrogen and oxygen atoms in total. The van der Waals surface area contributed by atoms with Crippen LogP contribution in [0.2, 0.25) is 0 Å². The summed E-state index contributed by atoms with van der Waals surface area (Å²) in [7, 11) is 0. The van der Waals surface area contributed by atoms with Gasteiger partial charge in [0.05, 0.1) is 5.69 Å². The van der Waals surface area contributed by atoms with Gasteiger partial charge in [-0.25, -0.2) is 0 Å². The second-order valence-electron chi connectivity index (χ2n) is 5.83. The minimum atomic E-state index is 0.987. The van der Waals surface area contributed by atoms with Crippen LogP contribution in [0.15, 0.2) is 58.0 Å². The maximum absolute atomic E-state index is 4.65. The lowest BCUT2D eigenvalue weighted by Crippen LogP contribution is -1.99. The van der Waals surface area contributed by atoms with Crippen molar-refractivity contribution in [3.63, 3.8) is 0 Å². The summed E-state index contributed by atoms with van der Waals surface area (Å²) >= 11 is 5.83. The Morgan fingerprint density at radius 2 is 1.71 bits per heavy atom. The molecule has 0 amide bonds. The molecule has 0 saturated carbocycles. The van der Waals surface area contributed by atoms with Crippen LogP contribution in [0, 0.1) is 24.3 Å². The van der Waals surface area contributed by atoms with Gasteiger partial charge in [0.15, 0.2) is 0 Å². The zero-order valence-electron chi connectivity index (χ0n) is 13.8. The monoisotopic (exact) mass is 492 g/mol. The second kappa shape index (κ2) is 7.23. The third kappa shape index (κ3) is 3.64. The maximum Gasteiger partial charge on any atom is 0.0633 e. The SMILES string of the molecule is Cc1cc(N=Cc2cc(C)n(-c3ccc(Br)cc3)c2C)ccc1I. The van der Waals surface area contributed by atoms with E-state index in [-0.39, 0.29) is 0 Å². The number of benzene rings is 2. The molecule has 4 heteroatoms. The van der Waals surface area contributed by atoms with Gasteiger partial charge in [-0.2, -0.15) is 0 Å². The molecule has 0 aliphatic rings. The topological polar surface area (TPSA) is 17.3 Å². The first kappa shape index (κ1) is 17.4. The molecule has 0 N–H and O–H groups in total. The molecule has 3 aromatic rings. The number of nitrogens with zero attached hydrogens (tertiary/aromatic N) is 2. The Bertz CT molecular complexity index is 908. The fourth-order valence-electron chi connectivity index (χ4n) is 2.76. The van der Waals surface area contributed by atoms with Gasteiger partial charge >= 0.3 is 0 Å². The van der Waals surface area contributed by atoms with Gasteiger partial charge in [0.2, 0.25) is 0 Å². The fourth-order valence-corrected chi connectivity index (χ4v) is 3.36. The van der Waals surface area contributed by atoms with E-state index in [1.165, 1.54) is 20.5 Å². The van der Waals surface area contributed by atoms with Gasteiger partial charge in [0.25, 0.3) is 0 Å². The van der Waals surface area contributed by atoms with Crippen LogP contribution in [0.4, 0.5) is 5.69 Å². The number of aliphatic imine (C=N–C) groups is 1. The predicted octanol–water partition coefficient (Wildman–Crippen LogP) is 6.52. The first-order valence-corrected chi connectivity index (χ1v) is 9.58. The van der Waals surface area contributed by atoms with Crippen LogP contribution in [-0.2, 0) is 0 Å². The van der Waals surface area contributed by atoms with E-state index in [4.69, 9.17) is 0 Å². The molecular formula is C20H18BrIN2. The summed E-state index contributed by atoms with van der Waals surface area (Å²) in [5.74, 6) is 0. The number of aromatic nitrogens is 1. The van der Waals surface area contributed by atoms with Crippen molar-refractivity contribution in [2.24, 2.45) is 4.99 Å². The summed E-state index contributed by atoms with van der Waals surface area (Å²) in [4.78, 5) is 4.65. The quantitative estimate of drug-likeness (QED) is 0.292. The highest BCUT2D eigenvalue weighted by molar-refractivity contribution is 14.1. The van der Waals surface area contributed by atoms with Crippen molar-refractivity contribution in [1.82, 2.24) is 4.57 Å². The maximum atomic E-state index is 4.65. The van der Waals surface area contributed by atoms with Crippen LogP contribution >= 0.6 is 38.5 Å². The van der Waals surface area contributed by atoms with Crippen molar-refractivity contribution in [2.45, 2.75) is 20.8 Å². The minimum Gasteiger partial charge on any atom is -0.318 e. The molecule has 0 aliphatic carbocycles. The molecule has 0 fully saturated rings. The van der Waals surface area contributed by atoms with E-state index in [9.17, 15) is 0 Å². The van der Waals surface area contributed by atoms with Crippen LogP contribution in [0.3, 0.4) is 0 Å². The smallest absolute Gasteiger partial charge is 0.0633 e. The van der Waals surface area contributed by atoms with Crippen LogP contribution in [0.1, 0.15) is 22.5 Å². The average molecular weight is 493 g/mol. The lowest BCUT2D eigenvalue weighted by molar-refractivity contribution is 0.964. The summed E-state index contributed by atoms with van der Waals surface area (Å²) < 4.78 is 4.61. The van der Waals surface area contributed by atoms with Gasteiger partial charge in [-0.15, -0.1) is 0 Å². The van der Waals surface area contributed by atoms with E-state index < -0.39 is 0 Å². The second-order valence-corrected chi connectivity index (χ2v) is 7.91. The summed E-state index contributed by atoms with van der Waals surface area (Å²) in [5.41, 5.74) is 6.95. The van der Waals surface area contributed by atoms with E-state index in [2.05, 4.69) is 117 Å². The summed E-state index contributed by atoms with van der Waals surface area (Å²) in [6.45, 7) is 6.37. The highest BCUT2D eigenvalue weighted by Crippen LogP contribution is 2.23. The van der Waals surface area contributed by atoms with Gasteiger partial charge in [-0.1, -0.05) is 15.9 Å². The highest BCUT2D eigenvalue weighted by atomic mass is 127. The molecule has 3 rings (SSSR count). The molecule has 1 heterocycles. The molecule has 2 aromatic carbocycles. The van der Waals surface area contributed by atoms with E-state index >= 15 is 0 Å². The molecule has 0 atom stereocenters. The molecule has 1 aromatic heterocycles. The first-order chi connectivity index (χ1) is 11.5. The Hall–Kier alpha value is -1.40. The van der Waals surface area contributed by atoms with E-state index in [1.54, 1.807) is 0 Å². The minimum absolute atomic E-state index is 0.987. The fraction of sp³-hybridized carbons (Fsp3) is 0.150. The summed E-state index contributed by atoms with van der Waals surface area (Å²) in [6, 6.07) is 16.8. The molecule has 0 spiro atoms. The van der Waals surface area contributed by atoms with Crippen molar-refractivity contribution >= 4 is 50.4 Å². The van der Waals surface area contributed by atoms with Gasteiger partial charge in [0.1, 0.15) is 0 Å². The Morgan fingerprint density at radius 3 is 2.38 bits per heavy atom. The summed E-state index contributed by atoms with van der Waals surface area (Å²) in [6.07, 6.45) is 1.96. The molecule has 0 bridgehead atoms. The largest absolute Gasteiger partial charge is 0.318 e. The van der Waals surface area contributed by atoms with E-state index in [1.807, 2.05) is 6.21 Å². The van der Waals surface area contributed by atoms with E-state index in [0.29, 0.717) is 0 Å². The van der Waals surface area contributed by atoms with Crippen LogP contribution < -0.4 is 0 Å². The molecule has 0 saturated heterocycles. The number of rotatable bonds is 3. The van der Waals surface area contributed by atoms with Crippen LogP contribution in [-0.4, -0.2) is 10.8 Å². The number of hydrogen-bond donors (Lipinski definition) is 0. The Labute approximate surface area is 164 Å². The molecule has 122 valence electrons. The van der Waals surface area contributed by atoms with Crippen LogP contribution in [0.25, 0.3) is 5.69 Å². The predicted molar refractivity (Wildman–Crippen MR) is 114 cm³/mol. The van der Waals surface area contributed by atoms with Crippen molar-refractivity contribution in [1.29, 1.82) is 0 Å². The normalized spacial score (nSPS) is 11.4. The Kier molecular flexibility index (Phi) is 5.25. The third-order valence-corrected chi connectivity index (χ3v) is 5.79. The Balaban J connectivity index is 1.95. The van der Waals surface area contributed by atoms with Gasteiger partial charge < -0.3 is 4.57 Å². The lowest BCUT2D eigenvalue weighted by Gasteiger charge is -2.09. The number of hydrogen-bond acceptors (Lipinski definition) is 1. The molecule has 0 aliphatic heterocycles. The number of halogens is 2. The zero-order valence-corrected chi connectivity index (χ0v) is 17.6. The standard InChI is InChI=1S/C20H18BrIN2/c1-13-10-18(6-9-20(13)22)23-12-16-11-14(2)24(15(16)3)19-7-4-17(21)5-8-19/h4-12H,1-3H3. The van der Waals surface area contributed by atoms with Crippen molar-refractivity contribution in [3.8, 4) is 5.69 Å². The zero-order chi connectivity index (χ0) is 17.3. The van der Waals surface area contributed by atoms with E-state index in [0.717, 1.165) is 21.4 Å². The Morgan fingerprint density at radius 1 is 1.00 bits per heavy atom. The first-order valence-electron chi connectivity index (χ1n) is 7.71. The van der Waals surface area contributed by atoms with Crippen molar-refractivity contribution in [3.05, 3.63) is 79.1 Å². The highest BCUT2D eigenvalue weighted by Gasteiger charge is 2.09.